The number of carbonyl (C=O) groups excluding carboxylic acids is 2. The topological polar surface area (TPSA) is 55.7 Å². The third kappa shape index (κ3) is 1.19. The second kappa shape index (κ2) is 3.07. The Morgan fingerprint density at radius 2 is 2.43 bits per heavy atom. The van der Waals surface area contributed by atoms with Crippen molar-refractivity contribution in [3.8, 4) is 0 Å². The van der Waals surface area contributed by atoms with E-state index in [-0.39, 0.29) is 17.8 Å². The minimum atomic E-state index is -0.467. The number of ether oxygens (including phenoxy) is 1. The van der Waals surface area contributed by atoms with Crippen LogP contribution in [0.15, 0.2) is 17.1 Å². The Labute approximate surface area is 81.7 Å². The highest BCUT2D eigenvalue weighted by Gasteiger charge is 2.50. The molecule has 0 N–H and O–H groups in total. The summed E-state index contributed by atoms with van der Waals surface area (Å²) in [6, 6.07) is 0. The third-order valence-electron chi connectivity index (χ3n) is 3.11. The Balaban J connectivity index is 2.21. The molecule has 1 fully saturated rings. The summed E-state index contributed by atoms with van der Waals surface area (Å²) in [4.78, 5) is 25.4. The summed E-state index contributed by atoms with van der Waals surface area (Å²) >= 11 is 0. The smallest absolute Gasteiger partial charge is 0.309 e. The van der Waals surface area contributed by atoms with Crippen molar-refractivity contribution in [1.82, 2.24) is 0 Å². The SMILES string of the molecule is COC(=O)C1CC2(N=C=O)C=CC1C2. The number of fused-ring (bicyclic) bond motifs is 2. The number of aliphatic imine (C=N–C) groups is 1. The number of allylic oxidation sites excluding steroid dienone is 1. The first-order valence-electron chi connectivity index (χ1n) is 4.57. The Hall–Kier alpha value is -1.41. The van der Waals surface area contributed by atoms with Crippen LogP contribution in [-0.2, 0) is 14.3 Å². The fourth-order valence-electron chi connectivity index (χ4n) is 2.44. The van der Waals surface area contributed by atoms with Crippen molar-refractivity contribution in [2.24, 2.45) is 16.8 Å². The summed E-state index contributed by atoms with van der Waals surface area (Å²) in [6.07, 6.45) is 6.75. The maximum Gasteiger partial charge on any atom is 0.309 e. The van der Waals surface area contributed by atoms with Gasteiger partial charge in [-0.3, -0.25) is 4.79 Å². The van der Waals surface area contributed by atoms with E-state index in [4.69, 9.17) is 4.74 Å². The van der Waals surface area contributed by atoms with Crippen molar-refractivity contribution >= 4 is 12.0 Å². The molecule has 2 rings (SSSR count). The van der Waals surface area contributed by atoms with Gasteiger partial charge in [0.15, 0.2) is 0 Å². The van der Waals surface area contributed by atoms with Crippen molar-refractivity contribution in [2.45, 2.75) is 18.4 Å². The Bertz CT molecular complexity index is 343. The molecular formula is C10H11NO3. The first kappa shape index (κ1) is 9.16. The molecule has 0 aromatic carbocycles. The first-order chi connectivity index (χ1) is 6.71. The molecule has 0 radical (unpaired) electrons. The maximum absolute atomic E-state index is 11.4. The molecule has 2 aliphatic rings. The fourth-order valence-corrected chi connectivity index (χ4v) is 2.44. The minimum Gasteiger partial charge on any atom is -0.469 e. The van der Waals surface area contributed by atoms with Gasteiger partial charge in [0.2, 0.25) is 6.08 Å². The Morgan fingerprint density at radius 3 is 3.07 bits per heavy atom. The second-order valence-electron chi connectivity index (χ2n) is 3.87. The molecule has 74 valence electrons. The van der Waals surface area contributed by atoms with Gasteiger partial charge in [-0.05, 0) is 18.8 Å². The van der Waals surface area contributed by atoms with Crippen LogP contribution in [0.25, 0.3) is 0 Å². The fraction of sp³-hybridized carbons (Fsp3) is 0.600. The quantitative estimate of drug-likeness (QED) is 0.282. The van der Waals surface area contributed by atoms with Gasteiger partial charge in [0.1, 0.15) is 0 Å². The summed E-state index contributed by atoms with van der Waals surface area (Å²) in [5.74, 6) is -0.163. The predicted octanol–water partition coefficient (Wildman–Crippen LogP) is 0.830. The summed E-state index contributed by atoms with van der Waals surface area (Å²) in [6.45, 7) is 0. The van der Waals surface area contributed by atoms with Gasteiger partial charge in [-0.15, -0.1) is 0 Å². The zero-order chi connectivity index (χ0) is 10.2. The molecule has 3 unspecified atom stereocenters. The zero-order valence-electron chi connectivity index (χ0n) is 7.90. The van der Waals surface area contributed by atoms with Gasteiger partial charge in [-0.25, -0.2) is 4.79 Å². The van der Waals surface area contributed by atoms with Gasteiger partial charge in [-0.1, -0.05) is 12.2 Å². The molecule has 0 aromatic rings. The average molecular weight is 193 g/mol. The Morgan fingerprint density at radius 1 is 1.64 bits per heavy atom. The third-order valence-corrected chi connectivity index (χ3v) is 3.11. The largest absolute Gasteiger partial charge is 0.469 e. The molecule has 4 heteroatoms. The molecule has 0 aromatic heterocycles. The summed E-state index contributed by atoms with van der Waals surface area (Å²) < 4.78 is 4.70. The lowest BCUT2D eigenvalue weighted by Gasteiger charge is -2.18. The molecule has 2 bridgehead atoms. The van der Waals surface area contributed by atoms with E-state index in [0.717, 1.165) is 6.42 Å². The van der Waals surface area contributed by atoms with Gasteiger partial charge in [0.05, 0.1) is 18.6 Å². The van der Waals surface area contributed by atoms with Crippen LogP contribution in [-0.4, -0.2) is 24.7 Å². The minimum absolute atomic E-state index is 0.137. The van der Waals surface area contributed by atoms with Gasteiger partial charge >= 0.3 is 5.97 Å². The van der Waals surface area contributed by atoms with Gasteiger partial charge in [0, 0.05) is 0 Å². The highest BCUT2D eigenvalue weighted by Crippen LogP contribution is 2.48. The monoisotopic (exact) mass is 193 g/mol. The number of methoxy groups -OCH3 is 1. The number of nitrogens with zero attached hydrogens (tertiary/aromatic N) is 1. The number of carbonyl (C=O) groups is 1. The normalized spacial score (nSPS) is 38.1. The van der Waals surface area contributed by atoms with Crippen molar-refractivity contribution in [3.05, 3.63) is 12.2 Å². The number of hydrogen-bond donors (Lipinski definition) is 0. The molecular weight excluding hydrogens is 182 g/mol. The first-order valence-corrected chi connectivity index (χ1v) is 4.57. The predicted molar refractivity (Wildman–Crippen MR) is 48.2 cm³/mol. The van der Waals surface area contributed by atoms with Crippen molar-refractivity contribution in [1.29, 1.82) is 0 Å². The molecule has 1 saturated carbocycles. The molecule has 0 saturated heterocycles. The lowest BCUT2D eigenvalue weighted by molar-refractivity contribution is -0.146. The van der Waals surface area contributed by atoms with E-state index in [1.165, 1.54) is 7.11 Å². The van der Waals surface area contributed by atoms with E-state index >= 15 is 0 Å². The van der Waals surface area contributed by atoms with Crippen LogP contribution >= 0.6 is 0 Å². The van der Waals surface area contributed by atoms with E-state index < -0.39 is 5.54 Å². The van der Waals surface area contributed by atoms with Crippen LogP contribution in [0.3, 0.4) is 0 Å². The van der Waals surface area contributed by atoms with E-state index in [2.05, 4.69) is 4.99 Å². The number of isocyanates is 1. The molecule has 0 spiro atoms. The molecule has 2 aliphatic carbocycles. The van der Waals surface area contributed by atoms with E-state index in [9.17, 15) is 9.59 Å². The van der Waals surface area contributed by atoms with Crippen LogP contribution in [0, 0.1) is 11.8 Å². The number of rotatable bonds is 2. The van der Waals surface area contributed by atoms with Crippen molar-refractivity contribution in [2.75, 3.05) is 7.11 Å². The van der Waals surface area contributed by atoms with Crippen molar-refractivity contribution < 1.29 is 14.3 Å². The van der Waals surface area contributed by atoms with Crippen LogP contribution in [0.2, 0.25) is 0 Å². The summed E-state index contributed by atoms with van der Waals surface area (Å²) in [5, 5.41) is 0. The van der Waals surface area contributed by atoms with Crippen LogP contribution in [0.4, 0.5) is 0 Å². The highest BCUT2D eigenvalue weighted by molar-refractivity contribution is 5.74. The zero-order valence-corrected chi connectivity index (χ0v) is 7.90. The molecule has 0 heterocycles. The molecule has 0 amide bonds. The summed E-state index contributed by atoms with van der Waals surface area (Å²) in [5.41, 5.74) is -0.467. The average Bonchev–Trinajstić information content (AvgIpc) is 2.74. The van der Waals surface area contributed by atoms with Gasteiger partial charge in [-0.2, -0.15) is 4.99 Å². The van der Waals surface area contributed by atoms with E-state index in [1.807, 2.05) is 12.2 Å². The summed E-state index contributed by atoms with van der Waals surface area (Å²) in [7, 11) is 1.38. The Kier molecular flexibility index (Phi) is 2.01. The number of hydrogen-bond acceptors (Lipinski definition) is 4. The second-order valence-corrected chi connectivity index (χ2v) is 3.87. The highest BCUT2D eigenvalue weighted by atomic mass is 16.5. The van der Waals surface area contributed by atoms with E-state index in [1.54, 1.807) is 6.08 Å². The maximum atomic E-state index is 11.4. The van der Waals surface area contributed by atoms with Crippen molar-refractivity contribution in [3.63, 3.8) is 0 Å². The van der Waals surface area contributed by atoms with Gasteiger partial charge in [0.25, 0.3) is 0 Å². The van der Waals surface area contributed by atoms with Crippen LogP contribution < -0.4 is 0 Å². The van der Waals surface area contributed by atoms with E-state index in [0.29, 0.717) is 6.42 Å². The number of esters is 1. The molecule has 0 aliphatic heterocycles. The lowest BCUT2D eigenvalue weighted by Crippen LogP contribution is -2.24. The molecule has 14 heavy (non-hydrogen) atoms. The van der Waals surface area contributed by atoms with Crippen LogP contribution in [0.1, 0.15) is 12.8 Å². The molecule has 3 atom stereocenters. The lowest BCUT2D eigenvalue weighted by atomic mass is 9.91. The standard InChI is InChI=1S/C10H11NO3/c1-14-9(13)8-5-10(11-6-12)3-2-7(8)4-10/h2-3,7-8H,4-5H2,1H3. The van der Waals surface area contributed by atoms with Crippen LogP contribution in [0.5, 0.6) is 0 Å². The molecule has 4 nitrogen and oxygen atoms in total. The van der Waals surface area contributed by atoms with Gasteiger partial charge < -0.3 is 4.74 Å².